The fourth-order valence-corrected chi connectivity index (χ4v) is 5.12. The van der Waals surface area contributed by atoms with Crippen LogP contribution in [0.5, 0.6) is 23.0 Å². The molecule has 0 spiro atoms. The Labute approximate surface area is 238 Å². The molecule has 210 valence electrons. The van der Waals surface area contributed by atoms with Crippen LogP contribution < -0.4 is 39.0 Å². The first-order valence-corrected chi connectivity index (χ1v) is 13.1. The van der Waals surface area contributed by atoms with E-state index in [9.17, 15) is 19.2 Å². The molecule has 9 nitrogen and oxygen atoms in total. The highest BCUT2D eigenvalue weighted by atomic mass is 32.1. The number of carbonyl (C=O) groups excluding carboxylic acids is 1. The van der Waals surface area contributed by atoms with E-state index in [4.69, 9.17) is 18.9 Å². The highest BCUT2D eigenvalue weighted by Gasteiger charge is 2.20. The van der Waals surface area contributed by atoms with Gasteiger partial charge in [-0.3, -0.25) is 14.2 Å². The van der Waals surface area contributed by atoms with Crippen molar-refractivity contribution in [2.45, 2.75) is 6.92 Å². The number of benzene rings is 3. The summed E-state index contributed by atoms with van der Waals surface area (Å²) < 4.78 is 37.8. The number of nitrogens with one attached hydrogen (secondary N) is 1. The number of rotatable bonds is 9. The molecule has 0 aliphatic rings. The Morgan fingerprint density at radius 2 is 1.66 bits per heavy atom. The molecule has 0 aliphatic heterocycles. The van der Waals surface area contributed by atoms with Crippen molar-refractivity contribution in [2.75, 3.05) is 33.3 Å². The van der Waals surface area contributed by atoms with E-state index in [2.05, 4.69) is 5.32 Å². The van der Waals surface area contributed by atoms with Gasteiger partial charge in [0.2, 0.25) is 0 Å². The number of halogens is 1. The molecule has 1 aromatic heterocycles. The largest absolute Gasteiger partial charge is 0.496 e. The van der Waals surface area contributed by atoms with Crippen LogP contribution in [0.1, 0.15) is 12.5 Å². The summed E-state index contributed by atoms with van der Waals surface area (Å²) >= 11 is 0.919. The van der Waals surface area contributed by atoms with E-state index in [0.29, 0.717) is 40.9 Å². The van der Waals surface area contributed by atoms with Crippen LogP contribution in [0, 0.1) is 17.1 Å². The molecule has 0 radical (unpaired) electrons. The Balaban J connectivity index is 2.05. The predicted octanol–water partition coefficient (Wildman–Crippen LogP) is 3.60. The molecule has 3 aromatic carbocycles. The van der Waals surface area contributed by atoms with E-state index in [-0.39, 0.29) is 20.5 Å². The fourth-order valence-electron chi connectivity index (χ4n) is 4.04. The lowest BCUT2D eigenvalue weighted by Crippen LogP contribution is -2.32. The van der Waals surface area contributed by atoms with E-state index >= 15 is 0 Å². The lowest BCUT2D eigenvalue weighted by molar-refractivity contribution is -0.111. The van der Waals surface area contributed by atoms with Crippen LogP contribution >= 0.6 is 11.3 Å². The molecule has 0 unspecified atom stereocenters. The lowest BCUT2D eigenvalue weighted by atomic mass is 10.1. The van der Waals surface area contributed by atoms with Crippen LogP contribution in [0.2, 0.25) is 0 Å². The Kier molecular flexibility index (Phi) is 9.06. The molecular weight excluding hydrogens is 549 g/mol. The van der Waals surface area contributed by atoms with Crippen LogP contribution in [0.3, 0.4) is 0 Å². The second-order valence-electron chi connectivity index (χ2n) is 8.33. The smallest absolute Gasteiger partial charge is 0.273 e. The standard InChI is InChI=1S/C30H26FN3O6S/c1-5-40-23-13-9-8-12-22(23)34-29(36)27(15-18-14-25(38-3)26(39-4)16-24(18)37-2)41-30(34)19(17-32)28(35)33-21-11-7-6-10-20(21)31/h6-16H,5H2,1-4H3,(H,33,35). The maximum absolute atomic E-state index is 14.3. The van der Waals surface area contributed by atoms with Gasteiger partial charge in [-0.25, -0.2) is 4.39 Å². The molecular formula is C30H26FN3O6S. The number of methoxy groups -OCH3 is 3. The van der Waals surface area contributed by atoms with Gasteiger partial charge in [-0.2, -0.15) is 5.26 Å². The number of hydrogen-bond donors (Lipinski definition) is 1. The Morgan fingerprint density at radius 3 is 2.32 bits per heavy atom. The van der Waals surface area contributed by atoms with Gasteiger partial charge in [0.1, 0.15) is 28.0 Å². The molecule has 41 heavy (non-hydrogen) atoms. The molecule has 0 aliphatic carbocycles. The summed E-state index contributed by atoms with van der Waals surface area (Å²) in [5, 5.41) is 12.5. The molecule has 1 N–H and O–H groups in total. The third-order valence-corrected chi connectivity index (χ3v) is 7.02. The van der Waals surface area contributed by atoms with Gasteiger partial charge in [-0.1, -0.05) is 24.3 Å². The first kappa shape index (κ1) is 28.9. The molecule has 0 saturated carbocycles. The summed E-state index contributed by atoms with van der Waals surface area (Å²) in [6.45, 7) is 2.11. The fraction of sp³-hybridized carbons (Fsp3) is 0.167. The zero-order valence-corrected chi connectivity index (χ0v) is 23.5. The summed E-state index contributed by atoms with van der Waals surface area (Å²) in [7, 11) is 4.45. The number of hydrogen-bond acceptors (Lipinski definition) is 8. The number of amides is 1. The number of anilines is 1. The Hall–Kier alpha value is -5.08. The number of para-hydroxylation sites is 3. The minimum Gasteiger partial charge on any atom is -0.496 e. The first-order chi connectivity index (χ1) is 19.9. The minimum absolute atomic E-state index is 0.0317. The van der Waals surface area contributed by atoms with Gasteiger partial charge in [0.05, 0.1) is 43.8 Å². The monoisotopic (exact) mass is 575 g/mol. The maximum Gasteiger partial charge on any atom is 0.273 e. The lowest BCUT2D eigenvalue weighted by Gasteiger charge is -2.12. The van der Waals surface area contributed by atoms with Crippen molar-refractivity contribution in [3.8, 4) is 34.8 Å². The minimum atomic E-state index is -0.878. The quantitative estimate of drug-likeness (QED) is 0.325. The molecule has 0 fully saturated rings. The van der Waals surface area contributed by atoms with Gasteiger partial charge >= 0.3 is 0 Å². The molecule has 0 atom stereocenters. The van der Waals surface area contributed by atoms with Crippen LogP contribution in [0.25, 0.3) is 17.3 Å². The van der Waals surface area contributed by atoms with Crippen molar-refractivity contribution in [3.63, 3.8) is 0 Å². The number of thiazole rings is 1. The van der Waals surface area contributed by atoms with Crippen molar-refractivity contribution < 1.29 is 28.1 Å². The van der Waals surface area contributed by atoms with E-state index in [1.807, 2.05) is 6.07 Å². The number of nitriles is 1. The second-order valence-corrected chi connectivity index (χ2v) is 9.36. The number of nitrogens with zero attached hydrogens (tertiary/aromatic N) is 2. The molecule has 0 bridgehead atoms. The summed E-state index contributed by atoms with van der Waals surface area (Å²) in [5.41, 5.74) is -0.182. The summed E-state index contributed by atoms with van der Waals surface area (Å²) in [6.07, 6.45) is 1.57. The molecule has 1 amide bonds. The van der Waals surface area contributed by atoms with Crippen molar-refractivity contribution >= 4 is 34.6 Å². The van der Waals surface area contributed by atoms with Crippen LogP contribution in [-0.4, -0.2) is 38.4 Å². The van der Waals surface area contributed by atoms with E-state index in [1.54, 1.807) is 55.5 Å². The Bertz CT molecular complexity index is 1820. The highest BCUT2D eigenvalue weighted by Crippen LogP contribution is 2.35. The van der Waals surface area contributed by atoms with Gasteiger partial charge in [-0.15, -0.1) is 11.3 Å². The zero-order chi connectivity index (χ0) is 29.5. The molecule has 4 aromatic rings. The summed E-state index contributed by atoms with van der Waals surface area (Å²) in [4.78, 5) is 27.2. The maximum atomic E-state index is 14.3. The van der Waals surface area contributed by atoms with Crippen LogP contribution in [0.15, 0.2) is 65.5 Å². The topological polar surface area (TPSA) is 112 Å². The van der Waals surface area contributed by atoms with E-state index in [0.717, 1.165) is 11.3 Å². The van der Waals surface area contributed by atoms with Crippen molar-refractivity contribution in [3.05, 3.63) is 91.6 Å². The van der Waals surface area contributed by atoms with Gasteiger partial charge in [0.25, 0.3) is 11.5 Å². The molecule has 11 heteroatoms. The number of ether oxygens (including phenoxy) is 4. The molecule has 0 saturated heterocycles. The normalized spacial score (nSPS) is 11.9. The van der Waals surface area contributed by atoms with E-state index in [1.165, 1.54) is 44.1 Å². The van der Waals surface area contributed by atoms with Crippen molar-refractivity contribution in [1.82, 2.24) is 4.57 Å². The average molecular weight is 576 g/mol. The average Bonchev–Trinajstić information content (AvgIpc) is 3.29. The first-order valence-electron chi connectivity index (χ1n) is 12.3. The van der Waals surface area contributed by atoms with E-state index < -0.39 is 17.3 Å². The van der Waals surface area contributed by atoms with Gasteiger partial charge in [-0.05, 0) is 43.3 Å². The van der Waals surface area contributed by atoms with Gasteiger partial charge in [0.15, 0.2) is 17.1 Å². The number of aromatic nitrogens is 1. The molecule has 1 heterocycles. The number of carbonyl (C=O) groups is 1. The predicted molar refractivity (Wildman–Crippen MR) is 154 cm³/mol. The van der Waals surface area contributed by atoms with Crippen molar-refractivity contribution in [2.24, 2.45) is 0 Å². The second kappa shape index (κ2) is 12.8. The SMILES string of the molecule is CCOc1ccccc1-n1c(=C(C#N)C(=O)Nc2ccccc2F)sc(=Cc2cc(OC)c(OC)cc2OC)c1=O. The van der Waals surface area contributed by atoms with Crippen LogP contribution in [-0.2, 0) is 4.79 Å². The summed E-state index contributed by atoms with van der Waals surface area (Å²) in [6, 6.07) is 17.5. The van der Waals surface area contributed by atoms with Gasteiger partial charge in [0, 0.05) is 11.6 Å². The van der Waals surface area contributed by atoms with Gasteiger partial charge < -0.3 is 24.3 Å². The summed E-state index contributed by atoms with van der Waals surface area (Å²) in [5.74, 6) is 0.0705. The third kappa shape index (κ3) is 5.92. The zero-order valence-electron chi connectivity index (χ0n) is 22.7. The van der Waals surface area contributed by atoms with Crippen LogP contribution in [0.4, 0.5) is 10.1 Å². The Morgan fingerprint density at radius 1 is 1.00 bits per heavy atom. The van der Waals surface area contributed by atoms with Crippen molar-refractivity contribution in [1.29, 1.82) is 5.26 Å². The highest BCUT2D eigenvalue weighted by molar-refractivity contribution is 7.07. The molecule has 4 rings (SSSR count). The third-order valence-electron chi connectivity index (χ3n) is 5.93.